The molecule has 2 saturated heterocycles. The van der Waals surface area contributed by atoms with Crippen LogP contribution < -0.4 is 16.0 Å². The summed E-state index contributed by atoms with van der Waals surface area (Å²) in [4.78, 5) is 25.9. The van der Waals surface area contributed by atoms with Crippen LogP contribution in [0.3, 0.4) is 0 Å². The van der Waals surface area contributed by atoms with Crippen LogP contribution in [0.5, 0.6) is 0 Å². The van der Waals surface area contributed by atoms with Gasteiger partial charge in [0.2, 0.25) is 15.9 Å². The number of carbonyl (C=O) groups is 2. The van der Waals surface area contributed by atoms with E-state index < -0.39 is 16.3 Å². The van der Waals surface area contributed by atoms with E-state index in [9.17, 15) is 18.0 Å². The molecule has 3 atom stereocenters. The number of hydrogen-bond acceptors (Lipinski definition) is 6. The Morgan fingerprint density at radius 2 is 1.86 bits per heavy atom. The molecule has 2 amide bonds. The zero-order valence-electron chi connectivity index (χ0n) is 20.0. The molecule has 1 aromatic heterocycles. The number of hydrogen-bond donors (Lipinski definition) is 3. The first-order valence-corrected chi connectivity index (χ1v) is 13.8. The number of amides is 2. The van der Waals surface area contributed by atoms with E-state index in [1.165, 1.54) is 28.6 Å². The first-order chi connectivity index (χ1) is 16.8. The first-order valence-electron chi connectivity index (χ1n) is 12.4. The lowest BCUT2D eigenvalue weighted by Crippen LogP contribution is -2.57. The van der Waals surface area contributed by atoms with Crippen molar-refractivity contribution in [2.45, 2.75) is 69.1 Å². The minimum Gasteiger partial charge on any atom is -0.322 e. The van der Waals surface area contributed by atoms with Crippen LogP contribution in [-0.2, 0) is 14.8 Å². The van der Waals surface area contributed by atoms with Gasteiger partial charge in [-0.25, -0.2) is 13.1 Å². The molecule has 35 heavy (non-hydrogen) atoms. The Morgan fingerprint density at radius 1 is 1.17 bits per heavy atom. The molecule has 3 N–H and O–H groups in total. The Bertz CT molecular complexity index is 1220. The second-order valence-corrected chi connectivity index (χ2v) is 11.6. The molecule has 2 aromatic rings. The van der Waals surface area contributed by atoms with Gasteiger partial charge in [0.05, 0.1) is 16.5 Å². The van der Waals surface area contributed by atoms with Crippen LogP contribution in [-0.4, -0.2) is 53.4 Å². The fraction of sp³-hybridized carbons (Fsp3) is 0.542. The lowest BCUT2D eigenvalue weighted by molar-refractivity contribution is -0.130. The maximum absolute atomic E-state index is 13.1. The van der Waals surface area contributed by atoms with E-state index in [0.29, 0.717) is 30.4 Å². The maximum atomic E-state index is 13.1. The van der Waals surface area contributed by atoms with E-state index in [4.69, 9.17) is 5.10 Å². The molecule has 5 rings (SSSR count). The van der Waals surface area contributed by atoms with E-state index in [-0.39, 0.29) is 28.7 Å². The van der Waals surface area contributed by atoms with Gasteiger partial charge in [0.25, 0.3) is 5.91 Å². The normalized spacial score (nSPS) is 25.4. The number of nitrogens with zero attached hydrogens (tertiary/aromatic N) is 3. The molecule has 0 spiro atoms. The number of carbonyl (C=O) groups excluding carboxylic acids is 2. The summed E-state index contributed by atoms with van der Waals surface area (Å²) in [5, 5.41) is 14.0. The summed E-state index contributed by atoms with van der Waals surface area (Å²) in [6, 6.07) is 7.81. The molecule has 3 aliphatic rings. The van der Waals surface area contributed by atoms with Crippen LogP contribution in [0.4, 0.5) is 5.82 Å². The number of rotatable bonds is 7. The summed E-state index contributed by atoms with van der Waals surface area (Å²) in [5.74, 6) is 0.297. The minimum atomic E-state index is -3.54. The van der Waals surface area contributed by atoms with Crippen molar-refractivity contribution in [1.29, 1.82) is 0 Å². The van der Waals surface area contributed by atoms with Gasteiger partial charge in [-0.3, -0.25) is 14.9 Å². The second-order valence-electron chi connectivity index (χ2n) is 9.64. The number of anilines is 1. The molecule has 1 saturated carbocycles. The summed E-state index contributed by atoms with van der Waals surface area (Å²) < 4.78 is 28.6. The van der Waals surface area contributed by atoms with Crippen molar-refractivity contribution in [3.05, 3.63) is 41.6 Å². The number of benzene rings is 1. The third-order valence-corrected chi connectivity index (χ3v) is 9.05. The average Bonchev–Trinajstić information content (AvgIpc) is 3.35. The Hall–Kier alpha value is -2.76. The standard InChI is InChI=1S/C24H32N6O4S/c1-3-19-15(2)25-24(27-23(19)32)30-21(14-20(28-30)16-6-7-16)26-22(31)17-8-10-18(11-9-17)35(33,34)29-12-4-5-13-29/h8-11,14-16,19,24-25H,3-7,12-13H2,1-2H3,(H,26,31)(H,27,32). The molecule has 10 nitrogen and oxygen atoms in total. The third-order valence-electron chi connectivity index (χ3n) is 7.14. The summed E-state index contributed by atoms with van der Waals surface area (Å²) in [6.45, 7) is 5.01. The summed E-state index contributed by atoms with van der Waals surface area (Å²) in [7, 11) is -3.54. The van der Waals surface area contributed by atoms with E-state index in [0.717, 1.165) is 37.8 Å². The average molecular weight is 501 g/mol. The second kappa shape index (κ2) is 9.36. The summed E-state index contributed by atoms with van der Waals surface area (Å²) in [6.07, 6.45) is 3.99. The largest absolute Gasteiger partial charge is 0.322 e. The van der Waals surface area contributed by atoms with Gasteiger partial charge >= 0.3 is 0 Å². The van der Waals surface area contributed by atoms with E-state index in [1.54, 1.807) is 4.68 Å². The van der Waals surface area contributed by atoms with Gasteiger partial charge in [-0.2, -0.15) is 9.40 Å². The highest BCUT2D eigenvalue weighted by Gasteiger charge is 2.36. The van der Waals surface area contributed by atoms with E-state index in [2.05, 4.69) is 16.0 Å². The minimum absolute atomic E-state index is 0.0408. The maximum Gasteiger partial charge on any atom is 0.256 e. The molecule has 3 fully saturated rings. The van der Waals surface area contributed by atoms with Gasteiger partial charge in [0.1, 0.15) is 5.82 Å². The molecule has 11 heteroatoms. The lowest BCUT2D eigenvalue weighted by atomic mass is 9.95. The van der Waals surface area contributed by atoms with Gasteiger partial charge in [-0.15, -0.1) is 0 Å². The Balaban J connectivity index is 1.35. The molecule has 1 aliphatic carbocycles. The van der Waals surface area contributed by atoms with Crippen molar-refractivity contribution in [2.24, 2.45) is 5.92 Å². The quantitative estimate of drug-likeness (QED) is 0.536. The van der Waals surface area contributed by atoms with Crippen LogP contribution >= 0.6 is 0 Å². The molecule has 0 radical (unpaired) electrons. The van der Waals surface area contributed by atoms with E-state index in [1.807, 2.05) is 19.9 Å². The summed E-state index contributed by atoms with van der Waals surface area (Å²) >= 11 is 0. The lowest BCUT2D eigenvalue weighted by Gasteiger charge is -2.35. The third kappa shape index (κ3) is 4.72. The molecular formula is C24H32N6O4S. The van der Waals surface area contributed by atoms with Gasteiger partial charge in [-0.05, 0) is 63.3 Å². The van der Waals surface area contributed by atoms with Gasteiger partial charge < -0.3 is 10.6 Å². The predicted molar refractivity (Wildman–Crippen MR) is 130 cm³/mol. The number of aromatic nitrogens is 2. The monoisotopic (exact) mass is 500 g/mol. The highest BCUT2D eigenvalue weighted by Crippen LogP contribution is 2.40. The van der Waals surface area contributed by atoms with Crippen molar-refractivity contribution in [3.8, 4) is 0 Å². The molecule has 2 aliphatic heterocycles. The number of sulfonamides is 1. The Morgan fingerprint density at radius 3 is 2.46 bits per heavy atom. The zero-order chi connectivity index (χ0) is 24.7. The van der Waals surface area contributed by atoms with Crippen LogP contribution in [0.15, 0.2) is 35.2 Å². The first kappa shape index (κ1) is 24.0. The zero-order valence-corrected chi connectivity index (χ0v) is 20.8. The Kier molecular flexibility index (Phi) is 6.41. The van der Waals surface area contributed by atoms with Crippen molar-refractivity contribution in [1.82, 2.24) is 24.7 Å². The van der Waals surface area contributed by atoms with Crippen molar-refractivity contribution >= 4 is 27.7 Å². The molecule has 3 unspecified atom stereocenters. The van der Waals surface area contributed by atoms with Crippen molar-refractivity contribution in [3.63, 3.8) is 0 Å². The van der Waals surface area contributed by atoms with Gasteiger partial charge in [-0.1, -0.05) is 6.92 Å². The number of nitrogens with one attached hydrogen (secondary N) is 3. The van der Waals surface area contributed by atoms with Crippen molar-refractivity contribution in [2.75, 3.05) is 18.4 Å². The predicted octanol–water partition coefficient (Wildman–Crippen LogP) is 2.39. The van der Waals surface area contributed by atoms with Gasteiger partial charge in [0.15, 0.2) is 6.29 Å². The van der Waals surface area contributed by atoms with Crippen LogP contribution in [0.2, 0.25) is 0 Å². The topological polar surface area (TPSA) is 125 Å². The van der Waals surface area contributed by atoms with Crippen molar-refractivity contribution < 1.29 is 18.0 Å². The fourth-order valence-corrected chi connectivity index (χ4v) is 6.39. The highest BCUT2D eigenvalue weighted by molar-refractivity contribution is 7.89. The van der Waals surface area contributed by atoms with Gasteiger partial charge in [0, 0.05) is 36.7 Å². The SMILES string of the molecule is CCC1C(=O)NC(n2nc(C3CC3)cc2NC(=O)c2ccc(S(=O)(=O)N3CCCC3)cc2)NC1C. The molecule has 0 bridgehead atoms. The fourth-order valence-electron chi connectivity index (χ4n) is 4.87. The smallest absolute Gasteiger partial charge is 0.256 e. The summed E-state index contributed by atoms with van der Waals surface area (Å²) in [5.41, 5.74) is 1.22. The molecule has 188 valence electrons. The van der Waals surface area contributed by atoms with Crippen LogP contribution in [0.1, 0.15) is 74.2 Å². The molecule has 3 heterocycles. The molecule has 1 aromatic carbocycles. The Labute approximate surface area is 205 Å². The highest BCUT2D eigenvalue weighted by atomic mass is 32.2. The molecular weight excluding hydrogens is 468 g/mol. The van der Waals surface area contributed by atoms with E-state index >= 15 is 0 Å². The van der Waals surface area contributed by atoms with Crippen LogP contribution in [0, 0.1) is 5.92 Å². The van der Waals surface area contributed by atoms with Crippen LogP contribution in [0.25, 0.3) is 0 Å².